The van der Waals surface area contributed by atoms with Gasteiger partial charge < -0.3 is 0 Å². The van der Waals surface area contributed by atoms with Crippen molar-refractivity contribution in [3.63, 3.8) is 0 Å². The van der Waals surface area contributed by atoms with Crippen LogP contribution in [0.2, 0.25) is 0 Å². The molecule has 1 heterocycles. The summed E-state index contributed by atoms with van der Waals surface area (Å²) in [5.41, 5.74) is 8.10. The zero-order valence-electron chi connectivity index (χ0n) is 16.7. The van der Waals surface area contributed by atoms with Crippen LogP contribution in [0.3, 0.4) is 0 Å². The highest BCUT2D eigenvalue weighted by Gasteiger charge is 2.23. The molecule has 0 saturated carbocycles. The number of hydrogen-bond donors (Lipinski definition) is 0. The number of aryl methyl sites for hydroxylation is 2. The molecule has 0 N–H and O–H groups in total. The molecule has 0 saturated heterocycles. The van der Waals surface area contributed by atoms with E-state index in [1.807, 2.05) is 0 Å². The summed E-state index contributed by atoms with van der Waals surface area (Å²) in [4.78, 5) is 5.19. The molecular weight excluding hydrogens is 302 g/mol. The highest BCUT2D eigenvalue weighted by molar-refractivity contribution is 5.43. The lowest BCUT2D eigenvalue weighted by Gasteiger charge is -2.27. The molecule has 0 aromatic carbocycles. The molecule has 1 heteroatoms. The maximum absolute atomic E-state index is 5.19. The van der Waals surface area contributed by atoms with Gasteiger partial charge in [0.1, 0.15) is 0 Å². The summed E-state index contributed by atoms with van der Waals surface area (Å²) in [5, 5.41) is 0. The number of pyridine rings is 1. The van der Waals surface area contributed by atoms with Crippen LogP contribution in [-0.2, 0) is 32.1 Å². The van der Waals surface area contributed by atoms with E-state index in [1.54, 1.807) is 16.7 Å². The van der Waals surface area contributed by atoms with Gasteiger partial charge in [-0.05, 0) is 80.9 Å². The third kappa shape index (κ3) is 5.31. The molecule has 0 amide bonds. The third-order valence-electron chi connectivity index (χ3n) is 6.41. The number of aromatic nitrogens is 1. The molecule has 140 valence electrons. The van der Waals surface area contributed by atoms with Crippen LogP contribution in [0, 0.1) is 0 Å². The Morgan fingerprint density at radius 3 is 1.88 bits per heavy atom. The van der Waals surface area contributed by atoms with E-state index in [4.69, 9.17) is 4.98 Å². The quantitative estimate of drug-likeness (QED) is 0.421. The van der Waals surface area contributed by atoms with Crippen molar-refractivity contribution in [2.45, 2.75) is 122 Å². The number of rotatable bonds is 10. The Balaban J connectivity index is 1.48. The largest absolute Gasteiger partial charge is 0.257 e. The molecule has 2 aliphatic rings. The van der Waals surface area contributed by atoms with Crippen molar-refractivity contribution in [2.75, 3.05) is 0 Å². The van der Waals surface area contributed by atoms with Crippen LogP contribution < -0.4 is 0 Å². The molecule has 1 aromatic rings. The molecule has 0 spiro atoms. The molecule has 25 heavy (non-hydrogen) atoms. The van der Waals surface area contributed by atoms with E-state index < -0.39 is 0 Å². The molecular formula is C24H39N. The van der Waals surface area contributed by atoms with Crippen LogP contribution in [0.1, 0.15) is 118 Å². The first-order chi connectivity index (χ1) is 12.4. The Kier molecular flexibility index (Phi) is 7.82. The number of nitrogens with zero attached hydrogens (tertiary/aromatic N) is 1. The van der Waals surface area contributed by atoms with Gasteiger partial charge in [-0.1, -0.05) is 58.3 Å². The van der Waals surface area contributed by atoms with Crippen molar-refractivity contribution in [1.82, 2.24) is 4.98 Å². The molecule has 0 bridgehead atoms. The van der Waals surface area contributed by atoms with Gasteiger partial charge in [0.2, 0.25) is 0 Å². The van der Waals surface area contributed by atoms with Gasteiger partial charge in [-0.15, -0.1) is 0 Å². The first kappa shape index (κ1) is 18.9. The Morgan fingerprint density at radius 1 is 0.600 bits per heavy atom. The van der Waals surface area contributed by atoms with Crippen molar-refractivity contribution in [2.24, 2.45) is 0 Å². The van der Waals surface area contributed by atoms with Crippen molar-refractivity contribution >= 4 is 0 Å². The molecule has 0 atom stereocenters. The second kappa shape index (κ2) is 10.3. The fraction of sp³-hybridized carbons (Fsp3) is 0.792. The van der Waals surface area contributed by atoms with E-state index in [1.165, 1.54) is 127 Å². The molecule has 2 aliphatic carbocycles. The van der Waals surface area contributed by atoms with Gasteiger partial charge in [0.05, 0.1) is 0 Å². The zero-order chi connectivity index (χ0) is 17.3. The number of fused-ring (bicyclic) bond motifs is 3. The van der Waals surface area contributed by atoms with Crippen molar-refractivity contribution in [3.8, 4) is 0 Å². The molecule has 0 aliphatic heterocycles. The summed E-state index contributed by atoms with van der Waals surface area (Å²) >= 11 is 0. The van der Waals surface area contributed by atoms with Gasteiger partial charge in [0.15, 0.2) is 0 Å². The van der Waals surface area contributed by atoms with E-state index in [-0.39, 0.29) is 0 Å². The number of hydrogen-bond acceptors (Lipinski definition) is 1. The fourth-order valence-corrected chi connectivity index (χ4v) is 4.93. The molecule has 1 aromatic heterocycles. The van der Waals surface area contributed by atoms with Gasteiger partial charge >= 0.3 is 0 Å². The summed E-state index contributed by atoms with van der Waals surface area (Å²) in [5.74, 6) is 0. The van der Waals surface area contributed by atoms with E-state index in [2.05, 4.69) is 6.92 Å². The van der Waals surface area contributed by atoms with E-state index in [9.17, 15) is 0 Å². The summed E-state index contributed by atoms with van der Waals surface area (Å²) in [6.07, 6.45) is 24.7. The lowest BCUT2D eigenvalue weighted by Crippen LogP contribution is -2.17. The maximum atomic E-state index is 5.19. The Labute approximate surface area is 156 Å². The van der Waals surface area contributed by atoms with Gasteiger partial charge in [-0.2, -0.15) is 0 Å². The first-order valence-electron chi connectivity index (χ1n) is 11.4. The standard InChI is InChI=1S/C24H39N/c1-2-3-4-5-6-7-8-9-10-18-23-21-16-12-11-15-20(21)22-17-13-14-19-24(22)25-23/h2-19H2,1H3. The lowest BCUT2D eigenvalue weighted by atomic mass is 9.81. The normalized spacial score (nSPS) is 16.5. The molecule has 1 nitrogen and oxygen atoms in total. The van der Waals surface area contributed by atoms with Crippen LogP contribution in [-0.4, -0.2) is 4.98 Å². The Morgan fingerprint density at radius 2 is 1.16 bits per heavy atom. The minimum absolute atomic E-state index is 1.24. The number of unbranched alkanes of at least 4 members (excludes halogenated alkanes) is 8. The smallest absolute Gasteiger partial charge is 0.0441 e. The monoisotopic (exact) mass is 341 g/mol. The first-order valence-corrected chi connectivity index (χ1v) is 11.4. The SMILES string of the molecule is CCCCCCCCCCCc1nc2c(c3c1CCCC3)CCCC2. The lowest BCUT2D eigenvalue weighted by molar-refractivity contribution is 0.559. The Bertz CT molecular complexity index is 531. The maximum Gasteiger partial charge on any atom is 0.0441 e. The van der Waals surface area contributed by atoms with E-state index in [0.29, 0.717) is 0 Å². The molecule has 0 radical (unpaired) electrons. The average molecular weight is 342 g/mol. The van der Waals surface area contributed by atoms with Crippen LogP contribution in [0.5, 0.6) is 0 Å². The van der Waals surface area contributed by atoms with Crippen molar-refractivity contribution in [1.29, 1.82) is 0 Å². The summed E-state index contributed by atoms with van der Waals surface area (Å²) in [6.45, 7) is 2.30. The summed E-state index contributed by atoms with van der Waals surface area (Å²) in [6, 6.07) is 0. The topological polar surface area (TPSA) is 12.9 Å². The minimum Gasteiger partial charge on any atom is -0.257 e. The fourth-order valence-electron chi connectivity index (χ4n) is 4.93. The predicted molar refractivity (Wildman–Crippen MR) is 108 cm³/mol. The zero-order valence-corrected chi connectivity index (χ0v) is 16.7. The average Bonchev–Trinajstić information content (AvgIpc) is 2.66. The van der Waals surface area contributed by atoms with Gasteiger partial charge in [-0.3, -0.25) is 4.98 Å². The minimum atomic E-state index is 1.24. The summed E-state index contributed by atoms with van der Waals surface area (Å²) in [7, 11) is 0. The predicted octanol–water partition coefficient (Wildman–Crippen LogP) is 6.91. The molecule has 0 fully saturated rings. The molecule has 3 rings (SSSR count). The van der Waals surface area contributed by atoms with Gasteiger partial charge in [0, 0.05) is 11.4 Å². The second-order valence-electron chi connectivity index (χ2n) is 8.43. The van der Waals surface area contributed by atoms with Gasteiger partial charge in [0.25, 0.3) is 0 Å². The highest BCUT2D eigenvalue weighted by atomic mass is 14.7. The van der Waals surface area contributed by atoms with Crippen molar-refractivity contribution in [3.05, 3.63) is 28.1 Å². The van der Waals surface area contributed by atoms with Crippen LogP contribution in [0.25, 0.3) is 0 Å². The van der Waals surface area contributed by atoms with Crippen LogP contribution in [0.4, 0.5) is 0 Å². The third-order valence-corrected chi connectivity index (χ3v) is 6.41. The van der Waals surface area contributed by atoms with Crippen molar-refractivity contribution < 1.29 is 0 Å². The van der Waals surface area contributed by atoms with Crippen LogP contribution in [0.15, 0.2) is 0 Å². The molecule has 0 unspecified atom stereocenters. The van der Waals surface area contributed by atoms with Crippen LogP contribution >= 0.6 is 0 Å². The highest BCUT2D eigenvalue weighted by Crippen LogP contribution is 2.33. The Hall–Kier alpha value is -0.850. The van der Waals surface area contributed by atoms with Gasteiger partial charge in [-0.25, -0.2) is 0 Å². The van der Waals surface area contributed by atoms with E-state index in [0.717, 1.165) is 0 Å². The van der Waals surface area contributed by atoms with E-state index >= 15 is 0 Å². The second-order valence-corrected chi connectivity index (χ2v) is 8.43. The summed E-state index contributed by atoms with van der Waals surface area (Å²) < 4.78 is 0.